The van der Waals surface area contributed by atoms with Crippen molar-refractivity contribution >= 4 is 21.4 Å². The van der Waals surface area contributed by atoms with Crippen LogP contribution in [0.5, 0.6) is 0 Å². The molecule has 1 atom stereocenters. The van der Waals surface area contributed by atoms with Gasteiger partial charge in [0.25, 0.3) is 0 Å². The minimum Gasteiger partial charge on any atom is -0.363 e. The standard InChI is InChI=1S/C11H12ClNO3S/c1-9(8-13)16-6-7-17(14,15)11-4-2-10(12)3-5-11/h2-5,9H,6-7H2,1H3. The SMILES string of the molecule is CC(C#N)OCCS(=O)(=O)c1ccc(Cl)cc1. The summed E-state index contributed by atoms with van der Waals surface area (Å²) in [7, 11) is -3.37. The summed E-state index contributed by atoms with van der Waals surface area (Å²) >= 11 is 5.67. The molecule has 0 saturated carbocycles. The lowest BCUT2D eigenvalue weighted by Crippen LogP contribution is -2.16. The van der Waals surface area contributed by atoms with E-state index in [2.05, 4.69) is 0 Å². The van der Waals surface area contributed by atoms with Crippen molar-refractivity contribution in [3.05, 3.63) is 29.3 Å². The van der Waals surface area contributed by atoms with Crippen LogP contribution in [-0.4, -0.2) is 26.9 Å². The highest BCUT2D eigenvalue weighted by Crippen LogP contribution is 2.15. The van der Waals surface area contributed by atoms with Crippen LogP contribution in [0.4, 0.5) is 0 Å². The monoisotopic (exact) mass is 273 g/mol. The number of nitrogens with zero attached hydrogens (tertiary/aromatic N) is 1. The molecule has 0 N–H and O–H groups in total. The largest absolute Gasteiger partial charge is 0.363 e. The Bertz CT molecular complexity index is 505. The number of benzene rings is 1. The smallest absolute Gasteiger partial charge is 0.180 e. The van der Waals surface area contributed by atoms with E-state index in [1.165, 1.54) is 24.3 Å². The molecule has 0 aliphatic rings. The van der Waals surface area contributed by atoms with Crippen LogP contribution >= 0.6 is 11.6 Å². The molecular weight excluding hydrogens is 262 g/mol. The quantitative estimate of drug-likeness (QED) is 0.823. The van der Waals surface area contributed by atoms with Gasteiger partial charge in [-0.1, -0.05) is 11.6 Å². The van der Waals surface area contributed by atoms with Gasteiger partial charge in [0.05, 0.1) is 23.3 Å². The molecule has 0 heterocycles. The molecule has 0 fully saturated rings. The molecule has 17 heavy (non-hydrogen) atoms. The minimum absolute atomic E-state index is 0.000311. The van der Waals surface area contributed by atoms with Crippen molar-refractivity contribution in [3.8, 4) is 6.07 Å². The Morgan fingerprint density at radius 2 is 2.00 bits per heavy atom. The van der Waals surface area contributed by atoms with Gasteiger partial charge in [-0.2, -0.15) is 5.26 Å². The topological polar surface area (TPSA) is 67.2 Å². The Hall–Kier alpha value is -1.09. The molecule has 0 amide bonds. The molecule has 6 heteroatoms. The van der Waals surface area contributed by atoms with E-state index in [4.69, 9.17) is 21.6 Å². The lowest BCUT2D eigenvalue weighted by atomic mass is 10.4. The first-order chi connectivity index (χ1) is 7.95. The first kappa shape index (κ1) is 14.0. The highest BCUT2D eigenvalue weighted by atomic mass is 35.5. The fourth-order valence-corrected chi connectivity index (χ4v) is 2.36. The Morgan fingerprint density at radius 1 is 1.41 bits per heavy atom. The van der Waals surface area contributed by atoms with Gasteiger partial charge in [0.2, 0.25) is 0 Å². The number of halogens is 1. The zero-order valence-electron chi connectivity index (χ0n) is 9.26. The third kappa shape index (κ3) is 4.35. The predicted molar refractivity (Wildman–Crippen MR) is 64.5 cm³/mol. The maximum atomic E-state index is 11.8. The van der Waals surface area contributed by atoms with Crippen molar-refractivity contribution < 1.29 is 13.2 Å². The maximum absolute atomic E-state index is 11.8. The van der Waals surface area contributed by atoms with Gasteiger partial charge < -0.3 is 4.74 Å². The molecule has 1 aromatic carbocycles. The Labute approximate surface area is 106 Å². The molecule has 1 rings (SSSR count). The molecule has 0 aromatic heterocycles. The molecule has 1 aromatic rings. The zero-order valence-corrected chi connectivity index (χ0v) is 10.8. The first-order valence-electron chi connectivity index (χ1n) is 4.95. The second-order valence-corrected chi connectivity index (χ2v) is 5.96. The summed E-state index contributed by atoms with van der Waals surface area (Å²) in [6, 6.07) is 7.81. The van der Waals surface area contributed by atoms with Crippen LogP contribution < -0.4 is 0 Å². The molecular formula is C11H12ClNO3S. The Morgan fingerprint density at radius 3 is 2.53 bits per heavy atom. The van der Waals surface area contributed by atoms with Gasteiger partial charge >= 0.3 is 0 Å². The van der Waals surface area contributed by atoms with Crippen LogP contribution in [0.25, 0.3) is 0 Å². The van der Waals surface area contributed by atoms with E-state index in [9.17, 15) is 8.42 Å². The molecule has 92 valence electrons. The lowest BCUT2D eigenvalue weighted by molar-refractivity contribution is 0.116. The molecule has 0 aliphatic heterocycles. The van der Waals surface area contributed by atoms with Gasteiger partial charge in [-0.05, 0) is 31.2 Å². The average Bonchev–Trinajstić information content (AvgIpc) is 2.29. The summed E-state index contributed by atoms with van der Waals surface area (Å²) in [5, 5.41) is 8.96. The molecule has 4 nitrogen and oxygen atoms in total. The Kier molecular flexibility index (Phi) is 4.94. The molecule has 0 aliphatic carbocycles. The number of nitriles is 1. The fraction of sp³-hybridized carbons (Fsp3) is 0.364. The minimum atomic E-state index is -3.37. The van der Waals surface area contributed by atoms with Gasteiger partial charge in [-0.25, -0.2) is 8.42 Å². The maximum Gasteiger partial charge on any atom is 0.180 e. The molecule has 0 radical (unpaired) electrons. The third-order valence-corrected chi connectivity index (χ3v) is 4.02. The van der Waals surface area contributed by atoms with Crippen LogP contribution in [-0.2, 0) is 14.6 Å². The van der Waals surface area contributed by atoms with Crippen molar-refractivity contribution in [2.24, 2.45) is 0 Å². The van der Waals surface area contributed by atoms with Gasteiger partial charge in [0, 0.05) is 5.02 Å². The van der Waals surface area contributed by atoms with Crippen LogP contribution in [0.1, 0.15) is 6.92 Å². The van der Waals surface area contributed by atoms with Gasteiger partial charge in [0.15, 0.2) is 9.84 Å². The molecule has 0 spiro atoms. The van der Waals surface area contributed by atoms with E-state index in [1.807, 2.05) is 6.07 Å². The highest BCUT2D eigenvalue weighted by Gasteiger charge is 2.14. The highest BCUT2D eigenvalue weighted by molar-refractivity contribution is 7.91. The van der Waals surface area contributed by atoms with Crippen molar-refractivity contribution in [2.45, 2.75) is 17.9 Å². The van der Waals surface area contributed by atoms with Crippen LogP contribution in [0.2, 0.25) is 5.02 Å². The predicted octanol–water partition coefficient (Wildman–Crippen LogP) is 2.04. The summed E-state index contributed by atoms with van der Waals surface area (Å²) in [6.45, 7) is 1.56. The van der Waals surface area contributed by atoms with Crippen LogP contribution in [0.15, 0.2) is 29.2 Å². The second-order valence-electron chi connectivity index (χ2n) is 3.41. The summed E-state index contributed by atoms with van der Waals surface area (Å²) in [4.78, 5) is 0.204. The first-order valence-corrected chi connectivity index (χ1v) is 6.98. The van der Waals surface area contributed by atoms with Crippen molar-refractivity contribution in [1.29, 1.82) is 5.26 Å². The Balaban J connectivity index is 2.64. The van der Waals surface area contributed by atoms with E-state index >= 15 is 0 Å². The summed E-state index contributed by atoms with van der Waals surface area (Å²) in [5.41, 5.74) is 0. The number of sulfone groups is 1. The normalized spacial score (nSPS) is 13.0. The molecule has 1 unspecified atom stereocenters. The van der Waals surface area contributed by atoms with Gasteiger partial charge in [-0.15, -0.1) is 0 Å². The van der Waals surface area contributed by atoms with Crippen LogP contribution in [0.3, 0.4) is 0 Å². The number of hydrogen-bond donors (Lipinski definition) is 0. The van der Waals surface area contributed by atoms with Crippen molar-refractivity contribution in [2.75, 3.05) is 12.4 Å². The summed E-state index contributed by atoms with van der Waals surface area (Å²) in [5.74, 6) is -0.152. The molecule has 0 bridgehead atoms. The summed E-state index contributed by atoms with van der Waals surface area (Å²) < 4.78 is 28.6. The van der Waals surface area contributed by atoms with E-state index < -0.39 is 15.9 Å². The van der Waals surface area contributed by atoms with E-state index in [-0.39, 0.29) is 17.3 Å². The van der Waals surface area contributed by atoms with Crippen LogP contribution in [0, 0.1) is 11.3 Å². The number of rotatable bonds is 5. The zero-order chi connectivity index (χ0) is 12.9. The van der Waals surface area contributed by atoms with E-state index in [0.29, 0.717) is 5.02 Å². The van der Waals surface area contributed by atoms with E-state index in [0.717, 1.165) is 0 Å². The van der Waals surface area contributed by atoms with Crippen molar-refractivity contribution in [1.82, 2.24) is 0 Å². The van der Waals surface area contributed by atoms with Crippen molar-refractivity contribution in [3.63, 3.8) is 0 Å². The second kappa shape index (κ2) is 6.01. The summed E-state index contributed by atoms with van der Waals surface area (Å²) in [6.07, 6.45) is -0.601. The molecule has 0 saturated heterocycles. The third-order valence-electron chi connectivity index (χ3n) is 2.07. The van der Waals surface area contributed by atoms with Gasteiger partial charge in [-0.3, -0.25) is 0 Å². The lowest BCUT2D eigenvalue weighted by Gasteiger charge is -2.06. The fourth-order valence-electron chi connectivity index (χ4n) is 1.13. The van der Waals surface area contributed by atoms with Gasteiger partial charge in [0.1, 0.15) is 6.10 Å². The number of ether oxygens (including phenoxy) is 1. The average molecular weight is 274 g/mol. The van der Waals surface area contributed by atoms with E-state index in [1.54, 1.807) is 6.92 Å². The number of hydrogen-bond acceptors (Lipinski definition) is 4.